The van der Waals surface area contributed by atoms with Crippen LogP contribution in [0.4, 0.5) is 0 Å². The highest BCUT2D eigenvalue weighted by molar-refractivity contribution is 5.79. The number of carboxylic acids is 3. The lowest BCUT2D eigenvalue weighted by molar-refractivity contribution is -0.132. The van der Waals surface area contributed by atoms with Crippen LogP contribution < -0.4 is 0 Å². The van der Waals surface area contributed by atoms with Crippen LogP contribution in [0.25, 0.3) is 0 Å². The van der Waals surface area contributed by atoms with Crippen LogP contribution >= 0.6 is 0 Å². The number of rotatable bonds is 8. The Bertz CT molecular complexity index is 401. The van der Waals surface area contributed by atoms with E-state index in [0.717, 1.165) is 18.2 Å². The molecule has 0 heterocycles. The second-order valence-electron chi connectivity index (χ2n) is 5.50. The molecule has 0 bridgehead atoms. The average Bonchev–Trinajstić information content (AvgIpc) is 2.64. The molecule has 0 aromatic carbocycles. The molecule has 0 saturated carbocycles. The number of carboxylic acid groups (broad SMARTS) is 3. The molecule has 27 heavy (non-hydrogen) atoms. The summed E-state index contributed by atoms with van der Waals surface area (Å²) in [6.45, 7) is 14.3. The van der Waals surface area contributed by atoms with E-state index < -0.39 is 23.3 Å². The minimum atomic E-state index is -0.981. The first-order valence-electron chi connectivity index (χ1n) is 7.74. The van der Waals surface area contributed by atoms with Crippen molar-refractivity contribution < 1.29 is 45.0 Å². The predicted octanol–water partition coefficient (Wildman–Crippen LogP) is 1.01. The standard InChI is InChI=1S/C9H20O3.3C3H4O2/c1-7(2)8(3)9(4-10,5-11)6-12;3*1-2-3(4)5/h7-8,10-12H,4-6H2,1-3H3;3*2H,1H2,(H,4,5). The largest absolute Gasteiger partial charge is 0.478 e. The van der Waals surface area contributed by atoms with E-state index in [1.54, 1.807) is 0 Å². The Morgan fingerprint density at radius 3 is 0.963 bits per heavy atom. The van der Waals surface area contributed by atoms with Gasteiger partial charge in [0.2, 0.25) is 0 Å². The van der Waals surface area contributed by atoms with Crippen molar-refractivity contribution in [1.29, 1.82) is 0 Å². The number of carbonyl (C=O) groups is 3. The lowest BCUT2D eigenvalue weighted by Gasteiger charge is -2.36. The smallest absolute Gasteiger partial charge is 0.327 e. The predicted molar refractivity (Wildman–Crippen MR) is 101 cm³/mol. The fourth-order valence-corrected chi connectivity index (χ4v) is 1.29. The van der Waals surface area contributed by atoms with Gasteiger partial charge < -0.3 is 30.6 Å². The quantitative estimate of drug-likeness (QED) is 0.330. The van der Waals surface area contributed by atoms with E-state index in [1.165, 1.54) is 0 Å². The molecule has 158 valence electrons. The van der Waals surface area contributed by atoms with Crippen molar-refractivity contribution in [2.45, 2.75) is 20.8 Å². The molecule has 6 N–H and O–H groups in total. The summed E-state index contributed by atoms with van der Waals surface area (Å²) in [4.78, 5) is 27.8. The van der Waals surface area contributed by atoms with Crippen LogP contribution in [0.15, 0.2) is 38.0 Å². The lowest BCUT2D eigenvalue weighted by Crippen LogP contribution is -2.42. The van der Waals surface area contributed by atoms with Gasteiger partial charge in [-0.2, -0.15) is 0 Å². The molecule has 0 rings (SSSR count). The maximum Gasteiger partial charge on any atom is 0.327 e. The van der Waals surface area contributed by atoms with Gasteiger partial charge >= 0.3 is 17.9 Å². The van der Waals surface area contributed by atoms with Crippen LogP contribution in [-0.4, -0.2) is 68.4 Å². The van der Waals surface area contributed by atoms with Gasteiger partial charge in [-0.3, -0.25) is 0 Å². The third-order valence-corrected chi connectivity index (χ3v) is 3.43. The summed E-state index contributed by atoms with van der Waals surface area (Å²) >= 11 is 0. The zero-order valence-corrected chi connectivity index (χ0v) is 16.0. The van der Waals surface area contributed by atoms with Gasteiger partial charge in [-0.05, 0) is 11.8 Å². The minimum absolute atomic E-state index is 0.109. The number of aliphatic carboxylic acids is 3. The summed E-state index contributed by atoms with van der Waals surface area (Å²) in [5, 5.41) is 50.0. The van der Waals surface area contributed by atoms with E-state index in [0.29, 0.717) is 5.92 Å². The highest BCUT2D eigenvalue weighted by Crippen LogP contribution is 2.31. The Morgan fingerprint density at radius 2 is 0.926 bits per heavy atom. The molecule has 1 atom stereocenters. The third-order valence-electron chi connectivity index (χ3n) is 3.43. The maximum atomic E-state index is 9.25. The molecule has 9 nitrogen and oxygen atoms in total. The van der Waals surface area contributed by atoms with Crippen LogP contribution in [0.5, 0.6) is 0 Å². The van der Waals surface area contributed by atoms with Crippen molar-refractivity contribution in [3.63, 3.8) is 0 Å². The van der Waals surface area contributed by atoms with Gasteiger partial charge in [0.05, 0.1) is 19.8 Å². The molecule has 0 aromatic rings. The normalized spacial score (nSPS) is 10.3. The van der Waals surface area contributed by atoms with E-state index in [4.69, 9.17) is 30.6 Å². The van der Waals surface area contributed by atoms with E-state index >= 15 is 0 Å². The summed E-state index contributed by atoms with van der Waals surface area (Å²) in [7, 11) is 0. The van der Waals surface area contributed by atoms with Gasteiger partial charge in [0.15, 0.2) is 0 Å². The molecule has 0 aliphatic rings. The molecular formula is C18H32O9. The Hall–Kier alpha value is -2.49. The SMILES string of the molecule is C=CC(=O)O.C=CC(=O)O.C=CC(=O)O.CC(C)C(C)C(CO)(CO)CO. The first-order valence-corrected chi connectivity index (χ1v) is 7.74. The Labute approximate surface area is 159 Å². The summed E-state index contributed by atoms with van der Waals surface area (Å²) in [5.74, 6) is -2.49. The fraction of sp³-hybridized carbons (Fsp3) is 0.500. The maximum absolute atomic E-state index is 9.25. The zero-order chi connectivity index (χ0) is 22.6. The van der Waals surface area contributed by atoms with Gasteiger partial charge in [0.25, 0.3) is 0 Å². The number of hydrogen-bond acceptors (Lipinski definition) is 6. The van der Waals surface area contributed by atoms with Gasteiger partial charge in [0, 0.05) is 23.6 Å². The first-order chi connectivity index (χ1) is 12.3. The minimum Gasteiger partial charge on any atom is -0.478 e. The van der Waals surface area contributed by atoms with Crippen LogP contribution in [0.2, 0.25) is 0 Å². The van der Waals surface area contributed by atoms with E-state index in [1.807, 2.05) is 20.8 Å². The van der Waals surface area contributed by atoms with Gasteiger partial charge in [-0.25, -0.2) is 14.4 Å². The average molecular weight is 392 g/mol. The first kappa shape index (κ1) is 32.2. The molecule has 0 aromatic heterocycles. The molecule has 0 saturated heterocycles. The molecule has 0 radical (unpaired) electrons. The Balaban J connectivity index is -0.000000147. The highest BCUT2D eigenvalue weighted by Gasteiger charge is 2.36. The van der Waals surface area contributed by atoms with Crippen LogP contribution in [0.1, 0.15) is 20.8 Å². The van der Waals surface area contributed by atoms with Crippen molar-refractivity contribution in [2.75, 3.05) is 19.8 Å². The van der Waals surface area contributed by atoms with E-state index in [2.05, 4.69) is 19.7 Å². The van der Waals surface area contributed by atoms with Gasteiger partial charge in [-0.15, -0.1) is 0 Å². The van der Waals surface area contributed by atoms with Crippen molar-refractivity contribution in [3.8, 4) is 0 Å². The van der Waals surface area contributed by atoms with Crippen LogP contribution in [0.3, 0.4) is 0 Å². The van der Waals surface area contributed by atoms with Crippen LogP contribution in [-0.2, 0) is 14.4 Å². The molecule has 0 spiro atoms. The zero-order valence-electron chi connectivity index (χ0n) is 16.0. The van der Waals surface area contributed by atoms with Gasteiger partial charge in [0.1, 0.15) is 0 Å². The van der Waals surface area contributed by atoms with Crippen LogP contribution in [0, 0.1) is 17.3 Å². The lowest BCUT2D eigenvalue weighted by atomic mass is 9.73. The summed E-state index contributed by atoms with van der Waals surface area (Å²) < 4.78 is 0. The van der Waals surface area contributed by atoms with E-state index in [-0.39, 0.29) is 25.7 Å². The second-order valence-corrected chi connectivity index (χ2v) is 5.50. The number of hydrogen-bond donors (Lipinski definition) is 6. The Morgan fingerprint density at radius 1 is 0.741 bits per heavy atom. The van der Waals surface area contributed by atoms with Gasteiger partial charge in [-0.1, -0.05) is 40.5 Å². The molecule has 0 aliphatic carbocycles. The number of aliphatic hydroxyl groups excluding tert-OH is 3. The molecular weight excluding hydrogens is 360 g/mol. The summed E-state index contributed by atoms with van der Waals surface area (Å²) in [6.07, 6.45) is 2.50. The van der Waals surface area contributed by atoms with Crippen molar-refractivity contribution >= 4 is 17.9 Å². The topological polar surface area (TPSA) is 173 Å². The molecule has 0 aliphatic heterocycles. The Kier molecular flexibility index (Phi) is 23.7. The third kappa shape index (κ3) is 21.5. The van der Waals surface area contributed by atoms with Crippen molar-refractivity contribution in [3.05, 3.63) is 38.0 Å². The highest BCUT2D eigenvalue weighted by atomic mass is 16.4. The van der Waals surface area contributed by atoms with Crippen molar-refractivity contribution in [2.24, 2.45) is 17.3 Å². The number of aliphatic hydroxyl groups is 3. The molecule has 0 fully saturated rings. The summed E-state index contributed by atoms with van der Waals surface area (Å²) in [5.41, 5.74) is -0.728. The van der Waals surface area contributed by atoms with Crippen molar-refractivity contribution in [1.82, 2.24) is 0 Å². The molecule has 0 amide bonds. The summed E-state index contributed by atoms with van der Waals surface area (Å²) in [6, 6.07) is 0. The fourth-order valence-electron chi connectivity index (χ4n) is 1.29. The monoisotopic (exact) mass is 392 g/mol. The van der Waals surface area contributed by atoms with E-state index in [9.17, 15) is 14.4 Å². The molecule has 9 heteroatoms. The second kappa shape index (κ2) is 19.8. The molecule has 1 unspecified atom stereocenters.